The summed E-state index contributed by atoms with van der Waals surface area (Å²) in [6.45, 7) is 7.10. The van der Waals surface area contributed by atoms with Crippen LogP contribution < -0.4 is 5.32 Å². The second kappa shape index (κ2) is 4.61. The quantitative estimate of drug-likeness (QED) is 0.819. The lowest BCUT2D eigenvalue weighted by atomic mass is 9.64. The molecule has 1 heterocycles. The zero-order valence-corrected chi connectivity index (χ0v) is 10.5. The maximum absolute atomic E-state index is 13.0. The fraction of sp³-hybridized carbons (Fsp3) is 0.615. The molecule has 1 aromatic rings. The highest BCUT2D eigenvalue weighted by Gasteiger charge is 2.48. The third-order valence-electron chi connectivity index (χ3n) is 3.61. The van der Waals surface area contributed by atoms with Gasteiger partial charge in [0.15, 0.2) is 0 Å². The highest BCUT2D eigenvalue weighted by atomic mass is 19.1. The average molecular weight is 238 g/mol. The Hall–Kier alpha value is -1.16. The highest BCUT2D eigenvalue weighted by Crippen LogP contribution is 2.44. The third-order valence-corrected chi connectivity index (χ3v) is 3.61. The normalized spacial score (nSPS) is 26.4. The van der Waals surface area contributed by atoms with Crippen LogP contribution in [-0.4, -0.2) is 23.7 Å². The molecule has 2 rings (SSSR count). The lowest BCUT2D eigenvalue weighted by molar-refractivity contribution is -0.0976. The first-order valence-electron chi connectivity index (χ1n) is 6.03. The molecule has 1 aliphatic carbocycles. The van der Waals surface area contributed by atoms with Gasteiger partial charge in [-0.1, -0.05) is 13.8 Å². The van der Waals surface area contributed by atoms with Crippen molar-refractivity contribution >= 4 is 5.69 Å². The first-order valence-corrected chi connectivity index (χ1v) is 6.03. The lowest BCUT2D eigenvalue weighted by Crippen LogP contribution is -2.58. The second-order valence-electron chi connectivity index (χ2n) is 5.07. The molecule has 2 unspecified atom stereocenters. The van der Waals surface area contributed by atoms with Crippen molar-refractivity contribution < 1.29 is 9.13 Å². The molecule has 0 bridgehead atoms. The van der Waals surface area contributed by atoms with Gasteiger partial charge >= 0.3 is 0 Å². The number of nitrogens with one attached hydrogen (secondary N) is 1. The standard InChI is InChI=1S/C13H19FN2O/c1-4-17-11-8-10(13(11,2)3)16-9-5-6-15-12(14)7-9/h5-7,10-11H,4,8H2,1-3H3,(H,15,16). The summed E-state index contributed by atoms with van der Waals surface area (Å²) in [6, 6.07) is 3.53. The molecular formula is C13H19FN2O. The third kappa shape index (κ3) is 2.41. The summed E-state index contributed by atoms with van der Waals surface area (Å²) >= 11 is 0. The van der Waals surface area contributed by atoms with E-state index >= 15 is 0 Å². The fourth-order valence-electron chi connectivity index (χ4n) is 2.31. The van der Waals surface area contributed by atoms with Crippen LogP contribution in [0.25, 0.3) is 0 Å². The van der Waals surface area contributed by atoms with E-state index in [1.807, 2.05) is 6.92 Å². The molecule has 17 heavy (non-hydrogen) atoms. The van der Waals surface area contributed by atoms with Crippen molar-refractivity contribution in [3.05, 3.63) is 24.3 Å². The van der Waals surface area contributed by atoms with E-state index in [9.17, 15) is 4.39 Å². The van der Waals surface area contributed by atoms with E-state index in [4.69, 9.17) is 4.74 Å². The molecule has 0 aliphatic heterocycles. The molecule has 1 saturated carbocycles. The molecular weight excluding hydrogens is 219 g/mol. The lowest BCUT2D eigenvalue weighted by Gasteiger charge is -2.52. The van der Waals surface area contributed by atoms with Crippen molar-refractivity contribution in [2.75, 3.05) is 11.9 Å². The number of rotatable bonds is 4. The number of ether oxygens (including phenoxy) is 1. The largest absolute Gasteiger partial charge is 0.381 e. The molecule has 0 saturated heterocycles. The number of hydrogen-bond donors (Lipinski definition) is 1. The van der Waals surface area contributed by atoms with Gasteiger partial charge in [0, 0.05) is 36.0 Å². The Balaban J connectivity index is 1.98. The maximum Gasteiger partial charge on any atom is 0.214 e. The van der Waals surface area contributed by atoms with E-state index in [0.717, 1.165) is 18.7 Å². The molecule has 0 aromatic carbocycles. The summed E-state index contributed by atoms with van der Waals surface area (Å²) in [6.07, 6.45) is 2.73. The average Bonchev–Trinajstić information content (AvgIpc) is 2.28. The molecule has 4 heteroatoms. The number of pyridine rings is 1. The Morgan fingerprint density at radius 3 is 2.94 bits per heavy atom. The predicted octanol–water partition coefficient (Wildman–Crippen LogP) is 2.84. The van der Waals surface area contributed by atoms with Crippen molar-refractivity contribution in [1.29, 1.82) is 0 Å². The van der Waals surface area contributed by atoms with E-state index in [0.29, 0.717) is 6.04 Å². The monoisotopic (exact) mass is 238 g/mol. The topological polar surface area (TPSA) is 34.1 Å². The minimum absolute atomic E-state index is 0.0791. The SMILES string of the molecule is CCOC1CC(Nc2ccnc(F)c2)C1(C)C. The van der Waals surface area contributed by atoms with Gasteiger partial charge in [0.2, 0.25) is 5.95 Å². The van der Waals surface area contributed by atoms with E-state index in [1.165, 1.54) is 12.3 Å². The van der Waals surface area contributed by atoms with Crippen LogP contribution in [-0.2, 0) is 4.74 Å². The summed E-state index contributed by atoms with van der Waals surface area (Å²) in [5.41, 5.74) is 0.862. The molecule has 1 aromatic heterocycles. The Morgan fingerprint density at radius 1 is 1.59 bits per heavy atom. The van der Waals surface area contributed by atoms with Crippen LogP contribution in [0.15, 0.2) is 18.3 Å². The molecule has 0 radical (unpaired) electrons. The van der Waals surface area contributed by atoms with Crippen LogP contribution in [0.2, 0.25) is 0 Å². The molecule has 1 aliphatic rings. The number of anilines is 1. The van der Waals surface area contributed by atoms with Crippen LogP contribution in [0.3, 0.4) is 0 Å². The number of nitrogens with zero attached hydrogens (tertiary/aromatic N) is 1. The Labute approximate surface area is 101 Å². The van der Waals surface area contributed by atoms with Crippen molar-refractivity contribution in [1.82, 2.24) is 4.98 Å². The zero-order valence-electron chi connectivity index (χ0n) is 10.5. The van der Waals surface area contributed by atoms with Crippen LogP contribution in [0.5, 0.6) is 0 Å². The van der Waals surface area contributed by atoms with E-state index in [2.05, 4.69) is 24.1 Å². The van der Waals surface area contributed by atoms with Gasteiger partial charge in [-0.25, -0.2) is 4.98 Å². The summed E-state index contributed by atoms with van der Waals surface area (Å²) < 4.78 is 18.6. The number of hydrogen-bond acceptors (Lipinski definition) is 3. The van der Waals surface area contributed by atoms with Crippen molar-refractivity contribution in [3.63, 3.8) is 0 Å². The maximum atomic E-state index is 13.0. The minimum Gasteiger partial charge on any atom is -0.381 e. The van der Waals surface area contributed by atoms with Gasteiger partial charge in [0.1, 0.15) is 0 Å². The molecule has 0 amide bonds. The molecule has 1 fully saturated rings. The van der Waals surface area contributed by atoms with Gasteiger partial charge in [-0.2, -0.15) is 4.39 Å². The second-order valence-corrected chi connectivity index (χ2v) is 5.07. The molecule has 0 spiro atoms. The first-order chi connectivity index (χ1) is 8.04. The van der Waals surface area contributed by atoms with Crippen LogP contribution in [0.1, 0.15) is 27.2 Å². The summed E-state index contributed by atoms with van der Waals surface area (Å²) in [5, 5.41) is 3.34. The van der Waals surface area contributed by atoms with Crippen molar-refractivity contribution in [2.24, 2.45) is 5.41 Å². The predicted molar refractivity (Wildman–Crippen MR) is 65.4 cm³/mol. The van der Waals surface area contributed by atoms with Gasteiger partial charge in [-0.3, -0.25) is 0 Å². The molecule has 1 N–H and O–H groups in total. The van der Waals surface area contributed by atoms with Gasteiger partial charge in [0.25, 0.3) is 0 Å². The zero-order chi connectivity index (χ0) is 12.5. The van der Waals surface area contributed by atoms with Gasteiger partial charge in [-0.05, 0) is 19.4 Å². The van der Waals surface area contributed by atoms with E-state index in [1.54, 1.807) is 6.07 Å². The summed E-state index contributed by atoms with van der Waals surface area (Å²) in [4.78, 5) is 3.54. The molecule has 94 valence electrons. The minimum atomic E-state index is -0.450. The van der Waals surface area contributed by atoms with E-state index in [-0.39, 0.29) is 11.5 Å². The van der Waals surface area contributed by atoms with E-state index < -0.39 is 5.95 Å². The Bertz CT molecular complexity index is 395. The Morgan fingerprint density at radius 2 is 2.35 bits per heavy atom. The highest BCUT2D eigenvalue weighted by molar-refractivity contribution is 5.43. The summed E-state index contributed by atoms with van der Waals surface area (Å²) in [5.74, 6) is -0.450. The smallest absolute Gasteiger partial charge is 0.214 e. The fourth-order valence-corrected chi connectivity index (χ4v) is 2.31. The molecule has 3 nitrogen and oxygen atoms in total. The van der Waals surface area contributed by atoms with Crippen molar-refractivity contribution in [3.8, 4) is 0 Å². The van der Waals surface area contributed by atoms with Gasteiger partial charge in [-0.15, -0.1) is 0 Å². The summed E-state index contributed by atoms with van der Waals surface area (Å²) in [7, 11) is 0. The number of aromatic nitrogens is 1. The van der Waals surface area contributed by atoms with Gasteiger partial charge in [0.05, 0.1) is 6.10 Å². The molecule has 2 atom stereocenters. The van der Waals surface area contributed by atoms with Crippen LogP contribution >= 0.6 is 0 Å². The van der Waals surface area contributed by atoms with Crippen molar-refractivity contribution in [2.45, 2.75) is 39.3 Å². The Kier molecular flexibility index (Phi) is 3.33. The number of halogens is 1. The van der Waals surface area contributed by atoms with Crippen LogP contribution in [0, 0.1) is 11.4 Å². The van der Waals surface area contributed by atoms with Gasteiger partial charge < -0.3 is 10.1 Å². The first kappa shape index (κ1) is 12.3. The van der Waals surface area contributed by atoms with Crippen LogP contribution in [0.4, 0.5) is 10.1 Å².